The Balaban J connectivity index is 0.000000367. The first kappa shape index (κ1) is 32.3. The van der Waals surface area contributed by atoms with Crippen LogP contribution in [0.2, 0.25) is 10.0 Å². The smallest absolute Gasteiger partial charge is 0.303 e. The molecule has 0 spiro atoms. The highest BCUT2D eigenvalue weighted by atomic mass is 35.5. The van der Waals surface area contributed by atoms with Crippen LogP contribution in [0.1, 0.15) is 104 Å². The summed E-state index contributed by atoms with van der Waals surface area (Å²) in [4.78, 5) is 14.6. The number of rotatable bonds is 18. The third kappa shape index (κ3) is 16.1. The molecule has 1 aromatic carbocycles. The van der Waals surface area contributed by atoms with Crippen molar-refractivity contribution in [3.8, 4) is 5.75 Å². The van der Waals surface area contributed by atoms with Gasteiger partial charge in [-0.25, -0.2) is 0 Å². The highest BCUT2D eigenvalue weighted by Gasteiger charge is 2.18. The Morgan fingerprint density at radius 2 is 1.56 bits per heavy atom. The van der Waals surface area contributed by atoms with Gasteiger partial charge in [0.15, 0.2) is 11.9 Å². The number of aliphatic imine (C=N–C) groups is 1. The molecule has 0 bridgehead atoms. The number of hydrogen-bond acceptors (Lipinski definition) is 4. The number of hydrogen-bond donors (Lipinski definition) is 2. The fraction of sp³-hybridized carbons (Fsp3) is 0.655. The van der Waals surface area contributed by atoms with Crippen LogP contribution >= 0.6 is 23.2 Å². The molecule has 0 saturated carbocycles. The SMILES string of the molecule is CC(Oc1c(Cl)cccc1Cl)C1=NCCN1.CCCCCCCC/C=C\CCCCCCCC(=O)O. The molecule has 1 aliphatic heterocycles. The average molecular weight is 542 g/mol. The van der Waals surface area contributed by atoms with Gasteiger partial charge >= 0.3 is 5.97 Å². The molecule has 36 heavy (non-hydrogen) atoms. The molecule has 1 heterocycles. The molecule has 1 aliphatic rings. The lowest BCUT2D eigenvalue weighted by Gasteiger charge is -2.16. The van der Waals surface area contributed by atoms with Crippen LogP contribution in [0.4, 0.5) is 0 Å². The molecule has 5 nitrogen and oxygen atoms in total. The van der Waals surface area contributed by atoms with Crippen LogP contribution in [-0.2, 0) is 4.79 Å². The molecule has 204 valence electrons. The molecule has 7 heteroatoms. The molecule has 0 saturated heterocycles. The summed E-state index contributed by atoms with van der Waals surface area (Å²) in [6, 6.07) is 5.28. The molecule has 0 amide bonds. The number of para-hydroxylation sites is 1. The third-order valence-electron chi connectivity index (χ3n) is 5.95. The largest absolute Gasteiger partial charge is 0.481 e. The summed E-state index contributed by atoms with van der Waals surface area (Å²) in [7, 11) is 0. The summed E-state index contributed by atoms with van der Waals surface area (Å²) in [5.41, 5.74) is 0. The number of benzene rings is 1. The van der Waals surface area contributed by atoms with Crippen molar-refractivity contribution in [1.82, 2.24) is 5.32 Å². The zero-order chi connectivity index (χ0) is 26.4. The van der Waals surface area contributed by atoms with Crippen LogP contribution in [0, 0.1) is 0 Å². The van der Waals surface area contributed by atoms with Crippen LogP contribution in [0.25, 0.3) is 0 Å². The highest BCUT2D eigenvalue weighted by Crippen LogP contribution is 2.33. The topological polar surface area (TPSA) is 70.9 Å². The predicted octanol–water partition coefficient (Wildman–Crippen LogP) is 8.87. The van der Waals surface area contributed by atoms with Gasteiger partial charge in [0.2, 0.25) is 0 Å². The molecule has 1 unspecified atom stereocenters. The number of aliphatic carboxylic acids is 1. The molecule has 0 aromatic heterocycles. The molecule has 2 rings (SSSR count). The van der Waals surface area contributed by atoms with Gasteiger partial charge in [-0.1, -0.05) is 99.7 Å². The second-order valence-corrected chi connectivity index (χ2v) is 10.0. The first-order chi connectivity index (χ1) is 17.5. The van der Waals surface area contributed by atoms with Gasteiger partial charge in [-0.15, -0.1) is 0 Å². The van der Waals surface area contributed by atoms with E-state index in [-0.39, 0.29) is 6.10 Å². The quantitative estimate of drug-likeness (QED) is 0.144. The molecule has 1 aromatic rings. The molecule has 1 atom stereocenters. The Morgan fingerprint density at radius 3 is 2.08 bits per heavy atom. The van der Waals surface area contributed by atoms with Crippen LogP contribution in [-0.4, -0.2) is 36.1 Å². The lowest BCUT2D eigenvalue weighted by Crippen LogP contribution is -2.33. The summed E-state index contributed by atoms with van der Waals surface area (Å²) in [5, 5.41) is 12.7. The van der Waals surface area contributed by atoms with Gasteiger partial charge in [0, 0.05) is 13.0 Å². The number of unbranched alkanes of at least 4 members (excludes halogenated alkanes) is 11. The lowest BCUT2D eigenvalue weighted by molar-refractivity contribution is -0.137. The molecular weight excluding hydrogens is 495 g/mol. The van der Waals surface area contributed by atoms with E-state index in [0.717, 1.165) is 31.8 Å². The van der Waals surface area contributed by atoms with E-state index < -0.39 is 5.97 Å². The zero-order valence-corrected chi connectivity index (χ0v) is 23.8. The zero-order valence-electron chi connectivity index (χ0n) is 22.2. The first-order valence-electron chi connectivity index (χ1n) is 13.7. The summed E-state index contributed by atoms with van der Waals surface area (Å²) in [5.74, 6) is 0.688. The number of nitrogens with one attached hydrogen (secondary N) is 1. The van der Waals surface area contributed by atoms with Crippen molar-refractivity contribution in [2.75, 3.05) is 13.1 Å². The van der Waals surface area contributed by atoms with Crippen molar-refractivity contribution in [3.05, 3.63) is 40.4 Å². The fourth-order valence-electron chi connectivity index (χ4n) is 3.86. The minimum Gasteiger partial charge on any atom is -0.481 e. The maximum atomic E-state index is 10.3. The Labute approximate surface area is 228 Å². The molecule has 2 N–H and O–H groups in total. The second kappa shape index (κ2) is 21.4. The number of amidine groups is 1. The lowest BCUT2D eigenvalue weighted by atomic mass is 10.1. The number of nitrogens with zero attached hydrogens (tertiary/aromatic N) is 1. The van der Waals surface area contributed by atoms with Crippen molar-refractivity contribution in [1.29, 1.82) is 0 Å². The van der Waals surface area contributed by atoms with Crippen molar-refractivity contribution in [3.63, 3.8) is 0 Å². The van der Waals surface area contributed by atoms with Crippen LogP contribution in [0.15, 0.2) is 35.3 Å². The Kier molecular flexibility index (Phi) is 19.2. The van der Waals surface area contributed by atoms with Crippen molar-refractivity contribution >= 4 is 35.0 Å². The maximum Gasteiger partial charge on any atom is 0.303 e. The van der Waals surface area contributed by atoms with Gasteiger partial charge in [-0.2, -0.15) is 0 Å². The Bertz CT molecular complexity index is 764. The number of ether oxygens (including phenoxy) is 1. The highest BCUT2D eigenvalue weighted by molar-refractivity contribution is 6.37. The summed E-state index contributed by atoms with van der Waals surface area (Å²) in [6.07, 6.45) is 21.1. The molecule has 0 aliphatic carbocycles. The van der Waals surface area contributed by atoms with E-state index in [1.54, 1.807) is 18.2 Å². The molecular formula is C29H46Cl2N2O3. The minimum absolute atomic E-state index is 0.167. The van der Waals surface area contributed by atoms with Gasteiger partial charge in [0.1, 0.15) is 5.84 Å². The Hall–Kier alpha value is -1.72. The van der Waals surface area contributed by atoms with E-state index >= 15 is 0 Å². The number of allylic oxidation sites excluding steroid dienone is 2. The molecule has 0 radical (unpaired) electrons. The van der Waals surface area contributed by atoms with Crippen LogP contribution < -0.4 is 10.1 Å². The molecule has 0 fully saturated rings. The van der Waals surface area contributed by atoms with Crippen LogP contribution in [0.5, 0.6) is 5.75 Å². The number of carbonyl (C=O) groups is 1. The van der Waals surface area contributed by atoms with E-state index in [9.17, 15) is 4.79 Å². The monoisotopic (exact) mass is 540 g/mol. The van der Waals surface area contributed by atoms with Crippen molar-refractivity contribution < 1.29 is 14.6 Å². The number of carboxylic acid groups (broad SMARTS) is 1. The van der Waals surface area contributed by atoms with Gasteiger partial charge in [-0.05, 0) is 51.2 Å². The van der Waals surface area contributed by atoms with Gasteiger partial charge in [0.25, 0.3) is 0 Å². The van der Waals surface area contributed by atoms with E-state index in [0.29, 0.717) is 22.2 Å². The standard InChI is InChI=1S/C18H34O2.C11H12Cl2N2O/c1-2-3-4-5-6-7-8-9-10-11-12-13-14-15-16-17-18(19)20;1-7(11-14-5-6-15-11)16-10-8(12)3-2-4-9(10)13/h9-10H,2-8,11-17H2,1H3,(H,19,20);2-4,7H,5-6H2,1H3,(H,14,15)/b10-9-;. The van der Waals surface area contributed by atoms with E-state index in [2.05, 4.69) is 29.4 Å². The summed E-state index contributed by atoms with van der Waals surface area (Å²) in [6.45, 7) is 5.82. The fourth-order valence-corrected chi connectivity index (χ4v) is 4.35. The van der Waals surface area contributed by atoms with Gasteiger partial charge in [0.05, 0.1) is 16.6 Å². The van der Waals surface area contributed by atoms with Gasteiger partial charge < -0.3 is 15.2 Å². The number of halogens is 2. The van der Waals surface area contributed by atoms with E-state index in [4.69, 9.17) is 33.0 Å². The minimum atomic E-state index is -0.664. The van der Waals surface area contributed by atoms with Gasteiger partial charge in [-0.3, -0.25) is 9.79 Å². The summed E-state index contributed by atoms with van der Waals surface area (Å²) >= 11 is 12.0. The maximum absolute atomic E-state index is 10.3. The van der Waals surface area contributed by atoms with E-state index in [1.807, 2.05) is 6.92 Å². The first-order valence-corrected chi connectivity index (χ1v) is 14.5. The number of carboxylic acids is 1. The summed E-state index contributed by atoms with van der Waals surface area (Å²) < 4.78 is 5.70. The predicted molar refractivity (Wildman–Crippen MR) is 154 cm³/mol. The van der Waals surface area contributed by atoms with Crippen LogP contribution in [0.3, 0.4) is 0 Å². The van der Waals surface area contributed by atoms with Crippen molar-refractivity contribution in [2.45, 2.75) is 110 Å². The third-order valence-corrected chi connectivity index (χ3v) is 6.55. The average Bonchev–Trinajstić information content (AvgIpc) is 3.39. The Morgan fingerprint density at radius 1 is 1.00 bits per heavy atom. The second-order valence-electron chi connectivity index (χ2n) is 9.23. The van der Waals surface area contributed by atoms with Crippen molar-refractivity contribution in [2.24, 2.45) is 4.99 Å². The van der Waals surface area contributed by atoms with E-state index in [1.165, 1.54) is 70.6 Å². The normalized spacial score (nSPS) is 13.6.